The minimum Gasteiger partial charge on any atom is -0.497 e. The van der Waals surface area contributed by atoms with Crippen molar-refractivity contribution in [3.63, 3.8) is 0 Å². The molecule has 0 saturated carbocycles. The van der Waals surface area contributed by atoms with E-state index in [4.69, 9.17) is 9.47 Å². The Morgan fingerprint density at radius 3 is 2.47 bits per heavy atom. The highest BCUT2D eigenvalue weighted by molar-refractivity contribution is 5.85. The predicted octanol–water partition coefficient (Wildman–Crippen LogP) is 3.52. The normalized spacial score (nSPS) is 16.0. The number of nitrogens with zero attached hydrogens (tertiary/aromatic N) is 3. The summed E-state index contributed by atoms with van der Waals surface area (Å²) in [5.41, 5.74) is 3.21. The molecular weight excluding hydrogens is 454 g/mol. The van der Waals surface area contributed by atoms with E-state index in [-0.39, 0.29) is 24.5 Å². The summed E-state index contributed by atoms with van der Waals surface area (Å²) >= 11 is 0. The third kappa shape index (κ3) is 7.39. The Kier molecular flexibility index (Phi) is 9.05. The molecule has 2 heterocycles. The summed E-state index contributed by atoms with van der Waals surface area (Å²) in [5, 5.41) is 0. The van der Waals surface area contributed by atoms with Gasteiger partial charge in [0, 0.05) is 38.4 Å². The zero-order valence-electron chi connectivity index (χ0n) is 20.7. The van der Waals surface area contributed by atoms with Crippen LogP contribution < -0.4 is 4.74 Å². The smallest absolute Gasteiger partial charge is 0.242 e. The molecule has 1 fully saturated rings. The van der Waals surface area contributed by atoms with Gasteiger partial charge in [0.05, 0.1) is 26.4 Å². The largest absolute Gasteiger partial charge is 0.497 e. The van der Waals surface area contributed by atoms with Crippen LogP contribution >= 0.6 is 0 Å². The zero-order valence-corrected chi connectivity index (χ0v) is 20.7. The molecule has 0 radical (unpaired) electrons. The minimum absolute atomic E-state index is 0.0416. The fourth-order valence-corrected chi connectivity index (χ4v) is 4.33. The monoisotopic (exact) mass is 487 g/mol. The summed E-state index contributed by atoms with van der Waals surface area (Å²) in [6.07, 6.45) is 4.86. The molecule has 36 heavy (non-hydrogen) atoms. The number of aryl methyl sites for hydroxylation is 1. The van der Waals surface area contributed by atoms with E-state index >= 15 is 0 Å². The quantitative estimate of drug-likeness (QED) is 0.438. The van der Waals surface area contributed by atoms with Gasteiger partial charge in [0.15, 0.2) is 0 Å². The van der Waals surface area contributed by atoms with Crippen LogP contribution in [0.4, 0.5) is 0 Å². The summed E-state index contributed by atoms with van der Waals surface area (Å²) in [5.74, 6) is 0.681. The lowest BCUT2D eigenvalue weighted by atomic mass is 10.1. The van der Waals surface area contributed by atoms with Crippen LogP contribution in [-0.4, -0.2) is 66.0 Å². The Bertz CT molecular complexity index is 1120. The van der Waals surface area contributed by atoms with Gasteiger partial charge in [0.25, 0.3) is 0 Å². The van der Waals surface area contributed by atoms with Gasteiger partial charge in [-0.3, -0.25) is 14.6 Å². The van der Waals surface area contributed by atoms with E-state index in [1.807, 2.05) is 59.5 Å². The van der Waals surface area contributed by atoms with E-state index < -0.39 is 0 Å². The summed E-state index contributed by atoms with van der Waals surface area (Å²) in [4.78, 5) is 33.8. The molecule has 0 unspecified atom stereocenters. The van der Waals surface area contributed by atoms with Gasteiger partial charge in [-0.2, -0.15) is 0 Å². The summed E-state index contributed by atoms with van der Waals surface area (Å²) in [7, 11) is 1.64. The molecule has 1 aliphatic heterocycles. The summed E-state index contributed by atoms with van der Waals surface area (Å²) in [6, 6.07) is 21.7. The van der Waals surface area contributed by atoms with Crippen LogP contribution in [-0.2, 0) is 33.8 Å². The lowest BCUT2D eigenvalue weighted by molar-refractivity contribution is -0.138. The highest BCUT2D eigenvalue weighted by Crippen LogP contribution is 2.17. The third-order valence-electron chi connectivity index (χ3n) is 6.39. The first-order valence-corrected chi connectivity index (χ1v) is 12.3. The van der Waals surface area contributed by atoms with Crippen molar-refractivity contribution in [3.05, 3.63) is 95.8 Å². The van der Waals surface area contributed by atoms with E-state index in [1.54, 1.807) is 24.4 Å². The molecule has 0 N–H and O–H groups in total. The summed E-state index contributed by atoms with van der Waals surface area (Å²) < 4.78 is 11.6. The Labute approximate surface area is 212 Å². The average molecular weight is 488 g/mol. The van der Waals surface area contributed by atoms with E-state index in [0.717, 1.165) is 23.3 Å². The maximum atomic E-state index is 13.2. The van der Waals surface area contributed by atoms with Crippen LogP contribution in [0, 0.1) is 0 Å². The van der Waals surface area contributed by atoms with Crippen LogP contribution in [0.15, 0.2) is 79.1 Å². The molecule has 2 aromatic carbocycles. The number of amides is 2. The number of hydrogen-bond acceptors (Lipinski definition) is 5. The van der Waals surface area contributed by atoms with E-state index in [1.165, 1.54) is 5.56 Å². The number of carbonyl (C=O) groups is 2. The molecule has 1 atom stereocenters. The SMILES string of the molecule is COc1cccc(CO[C@@H]2CN(CCc3ccccc3)C(=O)CN(C(=O)CCc3ccncc3)C2)c1. The number of rotatable bonds is 10. The standard InChI is InChI=1S/C29H33N3O4/c1-35-26-9-5-8-25(18-26)22-36-27-19-31(17-14-23-6-3-2-4-7-23)29(34)21-32(20-27)28(33)11-10-24-12-15-30-16-13-24/h2-9,12-13,15-16,18,27H,10-11,14,17,19-22H2,1H3/t27-/m1/s1. The maximum Gasteiger partial charge on any atom is 0.242 e. The van der Waals surface area contributed by atoms with Crippen molar-refractivity contribution in [1.82, 2.24) is 14.8 Å². The highest BCUT2D eigenvalue weighted by atomic mass is 16.5. The van der Waals surface area contributed by atoms with Gasteiger partial charge in [-0.25, -0.2) is 0 Å². The second-order valence-electron chi connectivity index (χ2n) is 8.99. The number of aromatic nitrogens is 1. The van der Waals surface area contributed by atoms with Crippen molar-refractivity contribution in [2.24, 2.45) is 0 Å². The molecule has 7 nitrogen and oxygen atoms in total. The van der Waals surface area contributed by atoms with Crippen molar-refractivity contribution in [2.75, 3.05) is 33.3 Å². The van der Waals surface area contributed by atoms with Crippen molar-refractivity contribution in [3.8, 4) is 5.75 Å². The van der Waals surface area contributed by atoms with Crippen molar-refractivity contribution >= 4 is 11.8 Å². The number of hydrogen-bond donors (Lipinski definition) is 0. The molecular formula is C29H33N3O4. The van der Waals surface area contributed by atoms with Crippen LogP contribution in [0.5, 0.6) is 5.75 Å². The van der Waals surface area contributed by atoms with Crippen LogP contribution in [0.1, 0.15) is 23.1 Å². The van der Waals surface area contributed by atoms with Gasteiger partial charge >= 0.3 is 0 Å². The van der Waals surface area contributed by atoms with Gasteiger partial charge in [-0.15, -0.1) is 0 Å². The fraction of sp³-hybridized carbons (Fsp3) is 0.345. The van der Waals surface area contributed by atoms with Gasteiger partial charge in [0.2, 0.25) is 11.8 Å². The Balaban J connectivity index is 1.43. The number of pyridine rings is 1. The number of carbonyl (C=O) groups excluding carboxylic acids is 2. The number of benzene rings is 2. The molecule has 188 valence electrons. The van der Waals surface area contributed by atoms with Gasteiger partial charge in [0.1, 0.15) is 5.75 Å². The number of ether oxygens (including phenoxy) is 2. The van der Waals surface area contributed by atoms with Crippen molar-refractivity contribution in [1.29, 1.82) is 0 Å². The molecule has 1 saturated heterocycles. The van der Waals surface area contributed by atoms with Crippen LogP contribution in [0.3, 0.4) is 0 Å². The average Bonchev–Trinajstić information content (AvgIpc) is 3.09. The Morgan fingerprint density at radius 2 is 1.69 bits per heavy atom. The zero-order chi connectivity index (χ0) is 25.2. The van der Waals surface area contributed by atoms with Crippen molar-refractivity contribution < 1.29 is 19.1 Å². The van der Waals surface area contributed by atoms with Crippen LogP contribution in [0.2, 0.25) is 0 Å². The van der Waals surface area contributed by atoms with E-state index in [2.05, 4.69) is 17.1 Å². The molecule has 2 amide bonds. The molecule has 0 aliphatic carbocycles. The highest BCUT2D eigenvalue weighted by Gasteiger charge is 2.30. The van der Waals surface area contributed by atoms with Crippen molar-refractivity contribution in [2.45, 2.75) is 32.0 Å². The minimum atomic E-state index is -0.289. The first kappa shape index (κ1) is 25.4. The first-order chi connectivity index (χ1) is 17.6. The molecule has 0 bridgehead atoms. The van der Waals surface area contributed by atoms with E-state index in [0.29, 0.717) is 39.1 Å². The fourth-order valence-electron chi connectivity index (χ4n) is 4.33. The molecule has 3 aromatic rings. The maximum absolute atomic E-state index is 13.2. The topological polar surface area (TPSA) is 72.0 Å². The van der Waals surface area contributed by atoms with Crippen LogP contribution in [0.25, 0.3) is 0 Å². The molecule has 7 heteroatoms. The Hall–Kier alpha value is -3.71. The second-order valence-corrected chi connectivity index (χ2v) is 8.99. The third-order valence-corrected chi connectivity index (χ3v) is 6.39. The Morgan fingerprint density at radius 1 is 0.944 bits per heavy atom. The van der Waals surface area contributed by atoms with Gasteiger partial charge < -0.3 is 19.3 Å². The molecule has 1 aromatic heterocycles. The second kappa shape index (κ2) is 12.8. The van der Waals surface area contributed by atoms with E-state index in [9.17, 15) is 9.59 Å². The summed E-state index contributed by atoms with van der Waals surface area (Å²) in [6.45, 7) is 1.86. The first-order valence-electron chi connectivity index (χ1n) is 12.3. The van der Waals surface area contributed by atoms with Gasteiger partial charge in [-0.1, -0.05) is 42.5 Å². The number of methoxy groups -OCH3 is 1. The van der Waals surface area contributed by atoms with Gasteiger partial charge in [-0.05, 0) is 53.8 Å². The molecule has 1 aliphatic rings. The lowest BCUT2D eigenvalue weighted by Gasteiger charge is -2.25. The molecule has 4 rings (SSSR count). The lowest BCUT2D eigenvalue weighted by Crippen LogP contribution is -2.40. The predicted molar refractivity (Wildman–Crippen MR) is 137 cm³/mol. The molecule has 0 spiro atoms.